The molecular weight excluding hydrogens is 203 g/mol. The first-order valence-corrected chi connectivity index (χ1v) is 4.74. The highest BCUT2D eigenvalue weighted by molar-refractivity contribution is 5.29. The van der Waals surface area contributed by atoms with Gasteiger partial charge in [-0.3, -0.25) is 0 Å². The molecule has 1 rings (SSSR count). The zero-order valence-corrected chi connectivity index (χ0v) is 8.73. The second-order valence-corrected chi connectivity index (χ2v) is 3.69. The first kappa shape index (κ1) is 12.0. The van der Waals surface area contributed by atoms with Gasteiger partial charge in [-0.05, 0) is 18.9 Å². The molecule has 1 aromatic carbocycles. The Labute approximate surface area is 87.1 Å². The maximum absolute atomic E-state index is 12.8. The van der Waals surface area contributed by atoms with E-state index in [2.05, 4.69) is 0 Å². The Morgan fingerprint density at radius 1 is 1.13 bits per heavy atom. The molecule has 0 aliphatic heterocycles. The average molecular weight is 217 g/mol. The molecule has 1 unspecified atom stereocenters. The maximum atomic E-state index is 12.8. The Morgan fingerprint density at radius 3 is 1.93 bits per heavy atom. The van der Waals surface area contributed by atoms with Gasteiger partial charge >= 0.3 is 6.18 Å². The molecule has 0 amide bonds. The molecule has 0 aliphatic rings. The SMILES string of the molecule is CCC(N)(c1ccc(C)cc1)C(F)(F)F. The lowest BCUT2D eigenvalue weighted by Crippen LogP contribution is -2.49. The molecule has 0 radical (unpaired) electrons. The molecular formula is C11H14F3N. The summed E-state index contributed by atoms with van der Waals surface area (Å²) in [4.78, 5) is 0. The highest BCUT2D eigenvalue weighted by Crippen LogP contribution is 2.39. The highest BCUT2D eigenvalue weighted by atomic mass is 19.4. The molecule has 1 atom stereocenters. The van der Waals surface area contributed by atoms with Crippen molar-refractivity contribution in [2.24, 2.45) is 5.73 Å². The van der Waals surface area contributed by atoms with Crippen LogP contribution in [-0.4, -0.2) is 6.18 Å². The quantitative estimate of drug-likeness (QED) is 0.809. The van der Waals surface area contributed by atoms with Crippen LogP contribution in [-0.2, 0) is 5.54 Å². The van der Waals surface area contributed by atoms with Crippen LogP contribution in [0.15, 0.2) is 24.3 Å². The van der Waals surface area contributed by atoms with Crippen molar-refractivity contribution in [3.05, 3.63) is 35.4 Å². The van der Waals surface area contributed by atoms with Gasteiger partial charge in [-0.15, -0.1) is 0 Å². The number of rotatable bonds is 2. The minimum absolute atomic E-state index is 0.114. The van der Waals surface area contributed by atoms with Crippen LogP contribution in [0.25, 0.3) is 0 Å². The molecule has 0 aliphatic carbocycles. The molecule has 84 valence electrons. The van der Waals surface area contributed by atoms with Gasteiger partial charge in [0.05, 0.1) is 0 Å². The third-order valence-corrected chi connectivity index (χ3v) is 2.63. The van der Waals surface area contributed by atoms with Gasteiger partial charge in [0.2, 0.25) is 0 Å². The predicted octanol–water partition coefficient (Wildman–Crippen LogP) is 3.12. The molecule has 0 saturated heterocycles. The number of halogens is 3. The van der Waals surface area contributed by atoms with Gasteiger partial charge in [0.1, 0.15) is 5.54 Å². The van der Waals surface area contributed by atoms with Crippen LogP contribution in [0.3, 0.4) is 0 Å². The summed E-state index contributed by atoms with van der Waals surface area (Å²) in [5, 5.41) is 0. The lowest BCUT2D eigenvalue weighted by Gasteiger charge is -2.31. The van der Waals surface area contributed by atoms with Gasteiger partial charge in [-0.25, -0.2) is 0 Å². The molecule has 1 aromatic rings. The Bertz CT molecular complexity index is 329. The van der Waals surface area contributed by atoms with Crippen molar-refractivity contribution in [1.29, 1.82) is 0 Å². The van der Waals surface area contributed by atoms with E-state index in [0.29, 0.717) is 0 Å². The van der Waals surface area contributed by atoms with E-state index < -0.39 is 11.7 Å². The molecule has 0 aromatic heterocycles. The number of benzene rings is 1. The van der Waals surface area contributed by atoms with E-state index in [-0.39, 0.29) is 12.0 Å². The normalized spacial score (nSPS) is 16.1. The van der Waals surface area contributed by atoms with Crippen molar-refractivity contribution in [3.63, 3.8) is 0 Å². The third kappa shape index (κ3) is 2.15. The summed E-state index contributed by atoms with van der Waals surface area (Å²) in [5.74, 6) is 0. The van der Waals surface area contributed by atoms with Crippen molar-refractivity contribution >= 4 is 0 Å². The third-order valence-electron chi connectivity index (χ3n) is 2.63. The zero-order chi connectivity index (χ0) is 11.7. The summed E-state index contributed by atoms with van der Waals surface area (Å²) in [6.45, 7) is 3.26. The lowest BCUT2D eigenvalue weighted by molar-refractivity contribution is -0.190. The molecule has 0 bridgehead atoms. The molecule has 15 heavy (non-hydrogen) atoms. The second-order valence-electron chi connectivity index (χ2n) is 3.69. The van der Waals surface area contributed by atoms with Crippen LogP contribution in [0.1, 0.15) is 24.5 Å². The number of hydrogen-bond donors (Lipinski definition) is 1. The maximum Gasteiger partial charge on any atom is 0.410 e. The van der Waals surface area contributed by atoms with Gasteiger partial charge in [0.15, 0.2) is 0 Å². The van der Waals surface area contributed by atoms with Gasteiger partial charge in [0, 0.05) is 0 Å². The van der Waals surface area contributed by atoms with Crippen LogP contribution in [0, 0.1) is 6.92 Å². The molecule has 0 saturated carbocycles. The minimum Gasteiger partial charge on any atom is -0.314 e. The number of nitrogens with two attached hydrogens (primary N) is 1. The van der Waals surface area contributed by atoms with Gasteiger partial charge in [-0.1, -0.05) is 36.8 Å². The van der Waals surface area contributed by atoms with Crippen molar-refractivity contribution in [2.45, 2.75) is 32.0 Å². The Morgan fingerprint density at radius 2 is 1.60 bits per heavy atom. The Hall–Kier alpha value is -1.03. The van der Waals surface area contributed by atoms with E-state index in [0.717, 1.165) is 5.56 Å². The molecule has 4 heteroatoms. The molecule has 1 nitrogen and oxygen atoms in total. The Kier molecular flexibility index (Phi) is 3.09. The van der Waals surface area contributed by atoms with E-state index in [1.54, 1.807) is 12.1 Å². The highest BCUT2D eigenvalue weighted by Gasteiger charge is 2.51. The standard InChI is InChI=1S/C11H14F3N/c1-3-10(15,11(12,13)14)9-6-4-8(2)5-7-9/h4-7H,3,15H2,1-2H3. The first-order chi connectivity index (χ1) is 6.81. The molecule has 0 heterocycles. The summed E-state index contributed by atoms with van der Waals surface area (Å²) in [6.07, 6.45) is -4.59. The lowest BCUT2D eigenvalue weighted by atomic mass is 9.87. The van der Waals surface area contributed by atoms with Gasteiger partial charge < -0.3 is 5.73 Å². The number of aryl methyl sites for hydroxylation is 1. The molecule has 0 spiro atoms. The van der Waals surface area contributed by atoms with Crippen molar-refractivity contribution in [2.75, 3.05) is 0 Å². The summed E-state index contributed by atoms with van der Waals surface area (Å²) in [6, 6.07) is 6.15. The summed E-state index contributed by atoms with van der Waals surface area (Å²) in [7, 11) is 0. The fourth-order valence-electron chi connectivity index (χ4n) is 1.42. The van der Waals surface area contributed by atoms with E-state index in [4.69, 9.17) is 5.73 Å². The predicted molar refractivity (Wildman–Crippen MR) is 53.4 cm³/mol. The molecule has 0 fully saturated rings. The fraction of sp³-hybridized carbons (Fsp3) is 0.455. The summed E-state index contributed by atoms with van der Waals surface area (Å²) in [5.41, 5.74) is 4.22. The zero-order valence-electron chi connectivity index (χ0n) is 8.73. The largest absolute Gasteiger partial charge is 0.410 e. The fourth-order valence-corrected chi connectivity index (χ4v) is 1.42. The average Bonchev–Trinajstić information content (AvgIpc) is 2.16. The van der Waals surface area contributed by atoms with Crippen LogP contribution >= 0.6 is 0 Å². The summed E-state index contributed by atoms with van der Waals surface area (Å²) >= 11 is 0. The topological polar surface area (TPSA) is 26.0 Å². The monoisotopic (exact) mass is 217 g/mol. The molecule has 2 N–H and O–H groups in total. The van der Waals surface area contributed by atoms with Crippen LogP contribution in [0.2, 0.25) is 0 Å². The van der Waals surface area contributed by atoms with Crippen LogP contribution in [0.4, 0.5) is 13.2 Å². The second kappa shape index (κ2) is 3.85. The van der Waals surface area contributed by atoms with E-state index in [1.807, 2.05) is 6.92 Å². The van der Waals surface area contributed by atoms with E-state index in [9.17, 15) is 13.2 Å². The van der Waals surface area contributed by atoms with Crippen molar-refractivity contribution < 1.29 is 13.2 Å². The van der Waals surface area contributed by atoms with Crippen LogP contribution < -0.4 is 5.73 Å². The Balaban J connectivity index is 3.18. The van der Waals surface area contributed by atoms with Crippen LogP contribution in [0.5, 0.6) is 0 Å². The van der Waals surface area contributed by atoms with E-state index >= 15 is 0 Å². The van der Waals surface area contributed by atoms with Crippen molar-refractivity contribution in [1.82, 2.24) is 0 Å². The van der Waals surface area contributed by atoms with Crippen molar-refractivity contribution in [3.8, 4) is 0 Å². The smallest absolute Gasteiger partial charge is 0.314 e. The number of hydrogen-bond acceptors (Lipinski definition) is 1. The first-order valence-electron chi connectivity index (χ1n) is 4.74. The number of alkyl halides is 3. The van der Waals surface area contributed by atoms with Gasteiger partial charge in [-0.2, -0.15) is 13.2 Å². The van der Waals surface area contributed by atoms with E-state index in [1.165, 1.54) is 19.1 Å². The summed E-state index contributed by atoms with van der Waals surface area (Å²) < 4.78 is 38.3. The minimum atomic E-state index is -4.42. The van der Waals surface area contributed by atoms with Gasteiger partial charge in [0.25, 0.3) is 0 Å².